The summed E-state index contributed by atoms with van der Waals surface area (Å²) in [5, 5.41) is 123. The third-order valence-corrected chi connectivity index (χ3v) is 7.59. The zero-order valence-electron chi connectivity index (χ0n) is 23.3. The first-order valence-electron chi connectivity index (χ1n) is 13.9. The van der Waals surface area contributed by atoms with Crippen LogP contribution in [0.3, 0.4) is 0 Å². The molecular formula is C24H45NO18. The molecule has 19 nitrogen and oxygen atoms in total. The van der Waals surface area contributed by atoms with Gasteiger partial charge in [-0.15, -0.1) is 0 Å². The van der Waals surface area contributed by atoms with E-state index in [-0.39, 0.29) is 13.2 Å². The predicted octanol–water partition coefficient (Wildman–Crippen LogP) is -8.09. The monoisotopic (exact) mass is 635 g/mol. The highest BCUT2D eigenvalue weighted by Crippen LogP contribution is 2.34. The van der Waals surface area contributed by atoms with Crippen LogP contribution in [0.1, 0.15) is 13.3 Å². The van der Waals surface area contributed by atoms with Gasteiger partial charge in [0.1, 0.15) is 85.5 Å². The zero-order chi connectivity index (χ0) is 32.2. The van der Waals surface area contributed by atoms with Gasteiger partial charge in [-0.3, -0.25) is 0 Å². The van der Waals surface area contributed by atoms with Crippen LogP contribution in [0.2, 0.25) is 0 Å². The molecule has 0 bridgehead atoms. The van der Waals surface area contributed by atoms with Gasteiger partial charge in [-0.05, 0) is 19.9 Å². The SMILES string of the molecule is C[C@@H](O)[C@H]1O[C@H](O[C@@H]2[C@@H](O[C@@H]3[C@@H](OCCCN)O[C@H]([C@H](O)CO)[C@@H](O)[C@@H]3O)O[C@H]([C@H](O)CO)[C@@H](O)[C@@H]2O)[C@@H](O)[C@@H](O)[C@@H]1O. The van der Waals surface area contributed by atoms with Crippen molar-refractivity contribution in [2.45, 2.75) is 124 Å². The number of aliphatic hydroxyl groups is 12. The average Bonchev–Trinajstić information content (AvgIpc) is 2.98. The summed E-state index contributed by atoms with van der Waals surface area (Å²) in [5.74, 6) is 0. The number of nitrogens with two attached hydrogens (primary N) is 1. The molecular weight excluding hydrogens is 590 g/mol. The Kier molecular flexibility index (Phi) is 13.8. The molecule has 0 amide bonds. The standard InChI is InChI=1S/C24H45NO18/c1-7(28)17-11(32)10(31)16(37)22(39-17)42-21-15(36)13(34)19(9(30)6-27)41-24(21)43-20-14(35)12(33)18(8(29)5-26)40-23(20)38-4-2-3-25/h7-24,26-37H,2-6,25H2,1H3/t7-,8-,9-,10+,11+,12+,13+,14+,15+,16+,17-,18-,19-,20+,21+,22-,23+,24-/m1/s1. The minimum Gasteiger partial charge on any atom is -0.394 e. The van der Waals surface area contributed by atoms with Gasteiger partial charge in [0.05, 0.1) is 25.9 Å². The Labute approximate surface area is 246 Å². The number of aliphatic hydroxyl groups excluding tert-OH is 12. The van der Waals surface area contributed by atoms with Gasteiger partial charge in [-0.1, -0.05) is 0 Å². The Bertz CT molecular complexity index is 829. The summed E-state index contributed by atoms with van der Waals surface area (Å²) in [6.45, 7) is -0.424. The van der Waals surface area contributed by atoms with Crippen molar-refractivity contribution >= 4 is 0 Å². The fourth-order valence-corrected chi connectivity index (χ4v) is 5.08. The van der Waals surface area contributed by atoms with Gasteiger partial charge in [0, 0.05) is 0 Å². The number of rotatable bonds is 13. The van der Waals surface area contributed by atoms with E-state index >= 15 is 0 Å². The summed E-state index contributed by atoms with van der Waals surface area (Å²) >= 11 is 0. The van der Waals surface area contributed by atoms with Gasteiger partial charge >= 0.3 is 0 Å². The molecule has 0 unspecified atom stereocenters. The molecule has 0 radical (unpaired) electrons. The van der Waals surface area contributed by atoms with Crippen LogP contribution in [-0.4, -0.2) is 198 Å². The van der Waals surface area contributed by atoms with E-state index in [1.165, 1.54) is 6.92 Å². The van der Waals surface area contributed by atoms with Gasteiger partial charge in [0.15, 0.2) is 18.9 Å². The third kappa shape index (κ3) is 8.16. The molecule has 0 aromatic heterocycles. The van der Waals surface area contributed by atoms with Gasteiger partial charge in [0.2, 0.25) is 0 Å². The second-order valence-corrected chi connectivity index (χ2v) is 10.8. The van der Waals surface area contributed by atoms with E-state index in [9.17, 15) is 61.3 Å². The van der Waals surface area contributed by atoms with Gasteiger partial charge in [-0.2, -0.15) is 0 Å². The van der Waals surface area contributed by atoms with E-state index in [0.717, 1.165) is 0 Å². The quantitative estimate of drug-likeness (QED) is 0.0835. The van der Waals surface area contributed by atoms with Crippen LogP contribution >= 0.6 is 0 Å². The third-order valence-electron chi connectivity index (χ3n) is 7.59. The fraction of sp³-hybridized carbons (Fsp3) is 1.00. The maximum absolute atomic E-state index is 11.0. The van der Waals surface area contributed by atoms with Crippen LogP contribution < -0.4 is 5.73 Å². The molecule has 0 spiro atoms. The Morgan fingerprint density at radius 2 is 1.05 bits per heavy atom. The normalized spacial score (nSPS) is 46.3. The molecule has 43 heavy (non-hydrogen) atoms. The van der Waals surface area contributed by atoms with Crippen LogP contribution in [0.5, 0.6) is 0 Å². The largest absolute Gasteiger partial charge is 0.394 e. The second-order valence-electron chi connectivity index (χ2n) is 10.8. The van der Waals surface area contributed by atoms with Gasteiger partial charge < -0.3 is 95.4 Å². The van der Waals surface area contributed by atoms with Crippen molar-refractivity contribution in [3.8, 4) is 0 Å². The minimum atomic E-state index is -2.03. The van der Waals surface area contributed by atoms with E-state index in [4.69, 9.17) is 34.2 Å². The number of hydrogen-bond acceptors (Lipinski definition) is 19. The second kappa shape index (κ2) is 16.2. The molecule has 254 valence electrons. The summed E-state index contributed by atoms with van der Waals surface area (Å²) in [5.41, 5.74) is 5.50. The lowest BCUT2D eigenvalue weighted by Gasteiger charge is -2.49. The molecule has 0 aromatic rings. The van der Waals surface area contributed by atoms with Crippen molar-refractivity contribution in [2.24, 2.45) is 5.73 Å². The molecule has 3 aliphatic rings. The lowest BCUT2D eigenvalue weighted by atomic mass is 9.93. The van der Waals surface area contributed by atoms with E-state index in [1.54, 1.807) is 0 Å². The Morgan fingerprint density at radius 3 is 1.53 bits per heavy atom. The molecule has 0 aromatic carbocycles. The summed E-state index contributed by atoms with van der Waals surface area (Å²) < 4.78 is 33.7. The van der Waals surface area contributed by atoms with Crippen molar-refractivity contribution in [1.82, 2.24) is 0 Å². The molecule has 18 atom stereocenters. The summed E-state index contributed by atoms with van der Waals surface area (Å²) in [6, 6.07) is 0. The highest BCUT2D eigenvalue weighted by atomic mass is 16.8. The van der Waals surface area contributed by atoms with Crippen molar-refractivity contribution < 1.29 is 89.7 Å². The van der Waals surface area contributed by atoms with Crippen molar-refractivity contribution in [1.29, 1.82) is 0 Å². The number of hydrogen-bond donors (Lipinski definition) is 13. The van der Waals surface area contributed by atoms with Crippen LogP contribution in [0.25, 0.3) is 0 Å². The molecule has 3 rings (SSSR count). The van der Waals surface area contributed by atoms with Gasteiger partial charge in [0.25, 0.3) is 0 Å². The van der Waals surface area contributed by atoms with Crippen LogP contribution in [0, 0.1) is 0 Å². The molecule has 3 saturated heterocycles. The highest BCUT2D eigenvalue weighted by Gasteiger charge is 2.55. The maximum atomic E-state index is 11.0. The summed E-state index contributed by atoms with van der Waals surface area (Å²) in [7, 11) is 0. The molecule has 0 aliphatic carbocycles. The first kappa shape index (κ1) is 36.7. The number of ether oxygens (including phenoxy) is 6. The maximum Gasteiger partial charge on any atom is 0.187 e. The average molecular weight is 636 g/mol. The molecule has 19 heteroatoms. The lowest BCUT2D eigenvalue weighted by Crippen LogP contribution is -2.68. The first-order valence-corrected chi connectivity index (χ1v) is 13.9. The molecule has 3 fully saturated rings. The molecule has 3 heterocycles. The highest BCUT2D eigenvalue weighted by molar-refractivity contribution is 4.98. The van der Waals surface area contributed by atoms with Gasteiger partial charge in [-0.25, -0.2) is 0 Å². The van der Waals surface area contributed by atoms with E-state index in [2.05, 4.69) is 0 Å². The van der Waals surface area contributed by atoms with Crippen molar-refractivity contribution in [3.05, 3.63) is 0 Å². The lowest BCUT2D eigenvalue weighted by molar-refractivity contribution is -0.399. The van der Waals surface area contributed by atoms with Crippen molar-refractivity contribution in [2.75, 3.05) is 26.4 Å². The Balaban J connectivity index is 1.93. The Hall–Kier alpha value is -0.760. The Morgan fingerprint density at radius 1 is 0.605 bits per heavy atom. The zero-order valence-corrected chi connectivity index (χ0v) is 23.3. The minimum absolute atomic E-state index is 0.0620. The molecule has 3 aliphatic heterocycles. The topological polar surface area (TPSA) is 324 Å². The van der Waals surface area contributed by atoms with Crippen LogP contribution in [-0.2, 0) is 28.4 Å². The van der Waals surface area contributed by atoms with Crippen LogP contribution in [0.4, 0.5) is 0 Å². The predicted molar refractivity (Wildman–Crippen MR) is 135 cm³/mol. The van der Waals surface area contributed by atoms with E-state index in [1.807, 2.05) is 0 Å². The first-order chi connectivity index (χ1) is 20.3. The summed E-state index contributed by atoms with van der Waals surface area (Å²) in [4.78, 5) is 0. The van der Waals surface area contributed by atoms with Crippen LogP contribution in [0.15, 0.2) is 0 Å². The van der Waals surface area contributed by atoms with E-state index in [0.29, 0.717) is 6.42 Å². The summed E-state index contributed by atoms with van der Waals surface area (Å²) in [6.07, 6.45) is -31.5. The smallest absolute Gasteiger partial charge is 0.187 e. The fourth-order valence-electron chi connectivity index (χ4n) is 5.08. The van der Waals surface area contributed by atoms with Crippen molar-refractivity contribution in [3.63, 3.8) is 0 Å². The molecule has 0 saturated carbocycles. The molecule has 14 N–H and O–H groups in total. The van der Waals surface area contributed by atoms with E-state index < -0.39 is 124 Å².